The highest BCUT2D eigenvalue weighted by molar-refractivity contribution is 5.71. The minimum atomic E-state index is -0.793. The highest BCUT2D eigenvalue weighted by atomic mass is 16.6. The molecule has 0 spiro atoms. The molecule has 6 nitrogen and oxygen atoms in total. The van der Waals surface area contributed by atoms with E-state index in [0.717, 1.165) is 122 Å². The van der Waals surface area contributed by atoms with Gasteiger partial charge >= 0.3 is 17.9 Å². The Bertz CT molecular complexity index is 1490. The molecule has 0 fully saturated rings. The Morgan fingerprint density at radius 2 is 0.534 bits per heavy atom. The molecule has 416 valence electrons. The lowest BCUT2D eigenvalue weighted by molar-refractivity contribution is -0.167. The van der Waals surface area contributed by atoms with Crippen LogP contribution in [0.5, 0.6) is 0 Å². The first-order valence-electron chi connectivity index (χ1n) is 30.4. The normalized spacial score (nSPS) is 12.9. The van der Waals surface area contributed by atoms with Crippen LogP contribution in [0.15, 0.2) is 109 Å². The van der Waals surface area contributed by atoms with Crippen molar-refractivity contribution in [2.75, 3.05) is 13.2 Å². The summed E-state index contributed by atoms with van der Waals surface area (Å²) < 4.78 is 16.8. The second-order valence-electron chi connectivity index (χ2n) is 19.9. The van der Waals surface area contributed by atoms with Crippen molar-refractivity contribution in [1.29, 1.82) is 0 Å². The van der Waals surface area contributed by atoms with Gasteiger partial charge in [0.15, 0.2) is 6.10 Å². The van der Waals surface area contributed by atoms with Gasteiger partial charge < -0.3 is 14.2 Å². The van der Waals surface area contributed by atoms with Crippen LogP contribution in [-0.4, -0.2) is 37.2 Å². The van der Waals surface area contributed by atoms with Gasteiger partial charge in [-0.25, -0.2) is 0 Å². The number of esters is 3. The average Bonchev–Trinajstić information content (AvgIpc) is 3.39. The third-order valence-corrected chi connectivity index (χ3v) is 12.8. The Morgan fingerprint density at radius 1 is 0.288 bits per heavy atom. The Labute approximate surface area is 450 Å². The van der Waals surface area contributed by atoms with Crippen LogP contribution in [0.4, 0.5) is 0 Å². The maximum absolute atomic E-state index is 12.8. The van der Waals surface area contributed by atoms with E-state index in [1.165, 1.54) is 116 Å². The van der Waals surface area contributed by atoms with Crippen molar-refractivity contribution < 1.29 is 28.6 Å². The summed E-state index contributed by atoms with van der Waals surface area (Å²) >= 11 is 0. The van der Waals surface area contributed by atoms with E-state index in [2.05, 4.69) is 130 Å². The lowest BCUT2D eigenvalue weighted by Gasteiger charge is -2.18. The minimum absolute atomic E-state index is 0.0903. The van der Waals surface area contributed by atoms with Crippen LogP contribution < -0.4 is 0 Å². The van der Waals surface area contributed by atoms with E-state index >= 15 is 0 Å². The summed E-state index contributed by atoms with van der Waals surface area (Å²) in [6, 6.07) is 0. The van der Waals surface area contributed by atoms with Crippen LogP contribution in [0.3, 0.4) is 0 Å². The number of rotatable bonds is 54. The maximum Gasteiger partial charge on any atom is 0.306 e. The number of carbonyl (C=O) groups is 3. The van der Waals surface area contributed by atoms with E-state index in [9.17, 15) is 14.4 Å². The standard InChI is InChI=1S/C67H112O6/c1-4-7-10-13-16-18-20-22-24-26-28-30-32-33-35-36-38-40-42-44-46-48-51-54-57-60-66(69)72-63-64(62-71-65(68)59-56-53-50-15-12-9-6-3)73-67(70)61-58-55-52-49-47-45-43-41-39-37-34-31-29-27-25-23-21-19-17-14-11-8-5-2/h8,11,17,19-20,22-23,25-26,28-29,31-33,37,39,43,45,64H,4-7,9-10,12-16,18,21,24,27,30,34-36,38,40-42,44,46-63H2,1-3H3/b11-8-,19-17-,22-20-,25-23-,28-26-,31-29-,33-32-,39-37-,45-43-. The van der Waals surface area contributed by atoms with E-state index in [1.807, 2.05) is 0 Å². The number of carbonyl (C=O) groups excluding carboxylic acids is 3. The van der Waals surface area contributed by atoms with Crippen LogP contribution in [0.1, 0.15) is 278 Å². The Balaban J connectivity index is 4.24. The van der Waals surface area contributed by atoms with Crippen molar-refractivity contribution in [2.45, 2.75) is 284 Å². The number of hydrogen-bond donors (Lipinski definition) is 0. The summed E-state index contributed by atoms with van der Waals surface area (Å²) in [5.74, 6) is -0.924. The smallest absolute Gasteiger partial charge is 0.306 e. The second-order valence-corrected chi connectivity index (χ2v) is 19.9. The predicted octanol–water partition coefficient (Wildman–Crippen LogP) is 20.7. The fourth-order valence-electron chi connectivity index (χ4n) is 8.22. The monoisotopic (exact) mass is 1010 g/mol. The molecule has 0 radical (unpaired) electrons. The van der Waals surface area contributed by atoms with Gasteiger partial charge in [0.25, 0.3) is 0 Å². The van der Waals surface area contributed by atoms with E-state index in [1.54, 1.807) is 0 Å². The molecule has 0 saturated carbocycles. The minimum Gasteiger partial charge on any atom is -0.462 e. The van der Waals surface area contributed by atoms with Gasteiger partial charge in [-0.3, -0.25) is 14.4 Å². The Morgan fingerprint density at radius 3 is 0.836 bits per heavy atom. The molecule has 0 aliphatic rings. The highest BCUT2D eigenvalue weighted by Crippen LogP contribution is 2.15. The molecular formula is C67H112O6. The summed E-state index contributed by atoms with van der Waals surface area (Å²) in [5, 5.41) is 0. The molecule has 0 aromatic heterocycles. The Kier molecular flexibility index (Phi) is 57.4. The maximum atomic E-state index is 12.8. The molecular weight excluding hydrogens is 901 g/mol. The molecule has 0 saturated heterocycles. The molecule has 0 aromatic rings. The van der Waals surface area contributed by atoms with Crippen molar-refractivity contribution in [3.8, 4) is 0 Å². The fraction of sp³-hybridized carbons (Fsp3) is 0.687. The molecule has 0 heterocycles. The first-order valence-corrected chi connectivity index (χ1v) is 30.4. The van der Waals surface area contributed by atoms with Gasteiger partial charge in [0, 0.05) is 19.3 Å². The zero-order chi connectivity index (χ0) is 52.9. The first-order chi connectivity index (χ1) is 36.0. The van der Waals surface area contributed by atoms with Gasteiger partial charge in [0.05, 0.1) is 0 Å². The fourth-order valence-corrected chi connectivity index (χ4v) is 8.22. The quantitative estimate of drug-likeness (QED) is 0.0261. The molecule has 0 rings (SSSR count). The number of ether oxygens (including phenoxy) is 3. The molecule has 0 bridgehead atoms. The van der Waals surface area contributed by atoms with E-state index in [-0.39, 0.29) is 31.1 Å². The van der Waals surface area contributed by atoms with Crippen LogP contribution in [0.2, 0.25) is 0 Å². The van der Waals surface area contributed by atoms with Crippen LogP contribution in [0, 0.1) is 0 Å². The van der Waals surface area contributed by atoms with Crippen molar-refractivity contribution in [3.63, 3.8) is 0 Å². The van der Waals surface area contributed by atoms with Crippen molar-refractivity contribution in [1.82, 2.24) is 0 Å². The molecule has 0 amide bonds. The third-order valence-electron chi connectivity index (χ3n) is 12.8. The summed E-state index contributed by atoms with van der Waals surface area (Å²) in [6.07, 6.45) is 82.5. The molecule has 0 aliphatic carbocycles. The summed E-state index contributed by atoms with van der Waals surface area (Å²) in [6.45, 7) is 6.45. The van der Waals surface area contributed by atoms with Crippen LogP contribution in [-0.2, 0) is 28.6 Å². The van der Waals surface area contributed by atoms with E-state index in [4.69, 9.17) is 14.2 Å². The number of unbranched alkanes of at least 4 members (excludes halogenated alkanes) is 25. The van der Waals surface area contributed by atoms with Gasteiger partial charge in [-0.2, -0.15) is 0 Å². The molecule has 1 atom stereocenters. The third kappa shape index (κ3) is 58.8. The van der Waals surface area contributed by atoms with Crippen LogP contribution in [0.25, 0.3) is 0 Å². The van der Waals surface area contributed by atoms with Crippen molar-refractivity contribution in [2.24, 2.45) is 0 Å². The lowest BCUT2D eigenvalue weighted by Crippen LogP contribution is -2.30. The topological polar surface area (TPSA) is 78.9 Å². The molecule has 1 unspecified atom stereocenters. The van der Waals surface area contributed by atoms with Crippen molar-refractivity contribution in [3.05, 3.63) is 109 Å². The molecule has 73 heavy (non-hydrogen) atoms. The molecule has 0 aromatic carbocycles. The number of allylic oxidation sites excluding steroid dienone is 18. The average molecular weight is 1010 g/mol. The Hall–Kier alpha value is -3.93. The molecule has 0 aliphatic heterocycles. The largest absolute Gasteiger partial charge is 0.462 e. The van der Waals surface area contributed by atoms with Gasteiger partial charge in [-0.15, -0.1) is 0 Å². The lowest BCUT2D eigenvalue weighted by atomic mass is 10.1. The summed E-state index contributed by atoms with van der Waals surface area (Å²) in [7, 11) is 0. The van der Waals surface area contributed by atoms with Gasteiger partial charge in [-0.05, 0) is 109 Å². The first kappa shape index (κ1) is 69.1. The zero-order valence-corrected chi connectivity index (χ0v) is 47.6. The second kappa shape index (κ2) is 60.6. The van der Waals surface area contributed by atoms with Gasteiger partial charge in [-0.1, -0.05) is 259 Å². The van der Waals surface area contributed by atoms with Crippen LogP contribution >= 0.6 is 0 Å². The van der Waals surface area contributed by atoms with E-state index in [0.29, 0.717) is 19.3 Å². The molecule has 6 heteroatoms. The van der Waals surface area contributed by atoms with Gasteiger partial charge in [0.1, 0.15) is 13.2 Å². The summed E-state index contributed by atoms with van der Waals surface area (Å²) in [5.41, 5.74) is 0. The summed E-state index contributed by atoms with van der Waals surface area (Å²) in [4.78, 5) is 38.0. The van der Waals surface area contributed by atoms with E-state index < -0.39 is 6.10 Å². The predicted molar refractivity (Wildman–Crippen MR) is 316 cm³/mol. The zero-order valence-electron chi connectivity index (χ0n) is 47.6. The van der Waals surface area contributed by atoms with Crippen molar-refractivity contribution >= 4 is 17.9 Å². The SMILES string of the molecule is CC/C=C\C/C=C\C/C=C\C/C=C\C/C=C\C/C=C\CCCCCCC(=O)OC(COC(=O)CCCCCCCCC)COC(=O)CCCCCCCCCCCC/C=C\C/C=C\C/C=C\CCCCCCC. The number of hydrogen-bond acceptors (Lipinski definition) is 6. The van der Waals surface area contributed by atoms with Gasteiger partial charge in [0.2, 0.25) is 0 Å². The molecule has 0 N–H and O–H groups in total. The highest BCUT2D eigenvalue weighted by Gasteiger charge is 2.19.